The van der Waals surface area contributed by atoms with Crippen molar-refractivity contribution in [2.24, 2.45) is 0 Å². The number of nitriles is 1. The lowest BCUT2D eigenvalue weighted by atomic mass is 9.81. The number of carbonyl (C=O) groups is 2. The molecule has 128 valence electrons. The first-order valence-electron chi connectivity index (χ1n) is 8.05. The highest BCUT2D eigenvalue weighted by molar-refractivity contribution is 6.30. The van der Waals surface area contributed by atoms with E-state index < -0.39 is 11.5 Å². The fraction of sp³-hybridized carbons (Fsp3) is 0.500. The Morgan fingerprint density at radius 1 is 1.25 bits per heavy atom. The van der Waals surface area contributed by atoms with Gasteiger partial charge < -0.3 is 9.64 Å². The number of hydrogen-bond acceptors (Lipinski definition) is 4. The highest BCUT2D eigenvalue weighted by Gasteiger charge is 2.38. The number of amides is 1. The van der Waals surface area contributed by atoms with Crippen molar-refractivity contribution in [1.29, 1.82) is 5.26 Å². The first kappa shape index (κ1) is 18.3. The smallest absolute Gasteiger partial charge is 0.310 e. The zero-order valence-corrected chi connectivity index (χ0v) is 14.5. The van der Waals surface area contributed by atoms with Gasteiger partial charge in [0.25, 0.3) is 5.91 Å². The van der Waals surface area contributed by atoms with Gasteiger partial charge in [0.1, 0.15) is 5.54 Å². The number of rotatable bonds is 5. The summed E-state index contributed by atoms with van der Waals surface area (Å²) in [4.78, 5) is 25.6. The van der Waals surface area contributed by atoms with Gasteiger partial charge in [0, 0.05) is 12.1 Å². The van der Waals surface area contributed by atoms with Crippen LogP contribution in [-0.2, 0) is 20.7 Å². The fourth-order valence-electron chi connectivity index (χ4n) is 2.96. The number of ether oxygens (including phenoxy) is 1. The molecule has 24 heavy (non-hydrogen) atoms. The first-order valence-corrected chi connectivity index (χ1v) is 8.43. The van der Waals surface area contributed by atoms with Gasteiger partial charge in [0.05, 0.1) is 12.5 Å². The second-order valence-electron chi connectivity index (χ2n) is 6.12. The molecule has 1 saturated carbocycles. The van der Waals surface area contributed by atoms with E-state index >= 15 is 0 Å². The van der Waals surface area contributed by atoms with Gasteiger partial charge in [-0.1, -0.05) is 43.0 Å². The van der Waals surface area contributed by atoms with Gasteiger partial charge in [-0.3, -0.25) is 9.59 Å². The minimum Gasteiger partial charge on any atom is -0.455 e. The van der Waals surface area contributed by atoms with Crippen LogP contribution in [0.3, 0.4) is 0 Å². The lowest BCUT2D eigenvalue weighted by Crippen LogP contribution is -2.51. The Bertz CT molecular complexity index is 631. The van der Waals surface area contributed by atoms with Crippen molar-refractivity contribution < 1.29 is 14.3 Å². The van der Waals surface area contributed by atoms with Crippen molar-refractivity contribution in [3.05, 3.63) is 34.9 Å². The molecule has 0 heterocycles. The van der Waals surface area contributed by atoms with Gasteiger partial charge in [-0.15, -0.1) is 0 Å². The minimum atomic E-state index is -0.766. The monoisotopic (exact) mass is 348 g/mol. The van der Waals surface area contributed by atoms with Crippen molar-refractivity contribution in [1.82, 2.24) is 4.90 Å². The summed E-state index contributed by atoms with van der Waals surface area (Å²) in [6, 6.07) is 9.16. The van der Waals surface area contributed by atoms with Crippen LogP contribution in [0.15, 0.2) is 24.3 Å². The summed E-state index contributed by atoms with van der Waals surface area (Å²) in [6.45, 7) is -0.341. The van der Waals surface area contributed by atoms with Gasteiger partial charge in [0.15, 0.2) is 6.61 Å². The summed E-state index contributed by atoms with van der Waals surface area (Å²) < 4.78 is 5.07. The lowest BCUT2D eigenvalue weighted by Gasteiger charge is -2.38. The summed E-state index contributed by atoms with van der Waals surface area (Å²) in [5.74, 6) is -0.823. The van der Waals surface area contributed by atoms with E-state index in [1.807, 2.05) is 0 Å². The molecule has 0 atom stereocenters. The van der Waals surface area contributed by atoms with E-state index in [9.17, 15) is 14.9 Å². The third-order valence-electron chi connectivity index (χ3n) is 4.52. The van der Waals surface area contributed by atoms with Crippen LogP contribution in [0.2, 0.25) is 5.02 Å². The van der Waals surface area contributed by atoms with Gasteiger partial charge >= 0.3 is 5.97 Å². The number of benzene rings is 1. The Morgan fingerprint density at radius 3 is 2.46 bits per heavy atom. The van der Waals surface area contributed by atoms with Crippen LogP contribution >= 0.6 is 11.6 Å². The summed E-state index contributed by atoms with van der Waals surface area (Å²) in [5.41, 5.74) is 0.00347. The van der Waals surface area contributed by atoms with Crippen LogP contribution in [0, 0.1) is 11.3 Å². The zero-order chi connectivity index (χ0) is 17.6. The highest BCUT2D eigenvalue weighted by atomic mass is 35.5. The Labute approximate surface area is 147 Å². The maximum absolute atomic E-state index is 12.3. The summed E-state index contributed by atoms with van der Waals surface area (Å²) in [7, 11) is 1.61. The molecule has 2 rings (SSSR count). The normalized spacial score (nSPS) is 16.0. The second-order valence-corrected chi connectivity index (χ2v) is 6.56. The predicted octanol–water partition coefficient (Wildman–Crippen LogP) is 3.11. The molecule has 0 spiro atoms. The number of nitrogens with zero attached hydrogens (tertiary/aromatic N) is 2. The quantitative estimate of drug-likeness (QED) is 0.766. The first-order chi connectivity index (χ1) is 11.5. The molecule has 0 aliphatic heterocycles. The van der Waals surface area contributed by atoms with Crippen molar-refractivity contribution >= 4 is 23.5 Å². The average Bonchev–Trinajstić information content (AvgIpc) is 2.61. The summed E-state index contributed by atoms with van der Waals surface area (Å²) >= 11 is 5.79. The molecule has 6 heteroatoms. The Kier molecular flexibility index (Phi) is 6.22. The standard InChI is InChI=1S/C18H21ClN2O3/c1-21(18(13-20)9-3-2-4-10-18)16(22)12-24-17(23)11-14-5-7-15(19)8-6-14/h5-8H,2-4,9-12H2,1H3. The molecule has 0 bridgehead atoms. The minimum absolute atomic E-state index is 0.0809. The van der Waals surface area contributed by atoms with Crippen LogP contribution in [0.1, 0.15) is 37.7 Å². The van der Waals surface area contributed by atoms with E-state index in [0.717, 1.165) is 24.8 Å². The fourth-order valence-corrected chi connectivity index (χ4v) is 3.08. The SMILES string of the molecule is CN(C(=O)COC(=O)Cc1ccc(Cl)cc1)C1(C#N)CCCCC1. The number of likely N-dealkylation sites (N-methyl/N-ethyl adjacent to an activating group) is 1. The van der Waals surface area contributed by atoms with Gasteiger partial charge in [0.2, 0.25) is 0 Å². The Balaban J connectivity index is 1.86. The maximum Gasteiger partial charge on any atom is 0.310 e. The zero-order valence-electron chi connectivity index (χ0n) is 13.8. The van der Waals surface area contributed by atoms with Crippen LogP contribution in [0.5, 0.6) is 0 Å². The Morgan fingerprint density at radius 2 is 1.88 bits per heavy atom. The Hall–Kier alpha value is -2.06. The highest BCUT2D eigenvalue weighted by Crippen LogP contribution is 2.32. The van der Waals surface area contributed by atoms with Crippen LogP contribution < -0.4 is 0 Å². The third kappa shape index (κ3) is 4.48. The van der Waals surface area contributed by atoms with E-state index in [-0.39, 0.29) is 18.9 Å². The van der Waals surface area contributed by atoms with Crippen molar-refractivity contribution in [2.75, 3.05) is 13.7 Å². The average molecular weight is 349 g/mol. The number of hydrogen-bond donors (Lipinski definition) is 0. The third-order valence-corrected chi connectivity index (χ3v) is 4.78. The maximum atomic E-state index is 12.3. The van der Waals surface area contributed by atoms with Crippen molar-refractivity contribution in [2.45, 2.75) is 44.1 Å². The molecule has 1 aromatic rings. The van der Waals surface area contributed by atoms with E-state index in [0.29, 0.717) is 17.9 Å². The molecule has 0 saturated heterocycles. The lowest BCUT2D eigenvalue weighted by molar-refractivity contribution is -0.153. The van der Waals surface area contributed by atoms with Gasteiger partial charge in [-0.05, 0) is 30.5 Å². The molecular weight excluding hydrogens is 328 g/mol. The van der Waals surface area contributed by atoms with E-state index in [2.05, 4.69) is 6.07 Å². The topological polar surface area (TPSA) is 70.4 Å². The molecule has 0 unspecified atom stereocenters. The van der Waals surface area contributed by atoms with Crippen molar-refractivity contribution in [3.63, 3.8) is 0 Å². The predicted molar refractivity (Wildman–Crippen MR) is 90.3 cm³/mol. The van der Waals surface area contributed by atoms with Gasteiger partial charge in [-0.2, -0.15) is 5.26 Å². The molecular formula is C18H21ClN2O3. The van der Waals surface area contributed by atoms with E-state index in [1.165, 1.54) is 4.90 Å². The number of carbonyl (C=O) groups excluding carboxylic acids is 2. The van der Waals surface area contributed by atoms with E-state index in [4.69, 9.17) is 16.3 Å². The molecule has 0 N–H and O–H groups in total. The number of esters is 1. The molecule has 0 aromatic heterocycles. The summed E-state index contributed by atoms with van der Waals surface area (Å²) in [6.07, 6.45) is 4.37. The molecule has 1 aliphatic carbocycles. The molecule has 1 fully saturated rings. The van der Waals surface area contributed by atoms with Crippen molar-refractivity contribution in [3.8, 4) is 6.07 Å². The molecule has 1 aliphatic rings. The molecule has 5 nitrogen and oxygen atoms in total. The van der Waals surface area contributed by atoms with Gasteiger partial charge in [-0.25, -0.2) is 0 Å². The van der Waals surface area contributed by atoms with Crippen LogP contribution in [-0.4, -0.2) is 36.0 Å². The summed E-state index contributed by atoms with van der Waals surface area (Å²) in [5, 5.41) is 10.1. The van der Waals surface area contributed by atoms with E-state index in [1.54, 1.807) is 31.3 Å². The molecule has 1 amide bonds. The number of halogens is 1. The van der Waals surface area contributed by atoms with Crippen LogP contribution in [0.4, 0.5) is 0 Å². The molecule has 1 aromatic carbocycles. The largest absolute Gasteiger partial charge is 0.455 e. The molecule has 0 radical (unpaired) electrons. The van der Waals surface area contributed by atoms with Crippen LogP contribution in [0.25, 0.3) is 0 Å². The second kappa shape index (κ2) is 8.16.